The van der Waals surface area contributed by atoms with E-state index in [1.165, 1.54) is 40.6 Å². The topological polar surface area (TPSA) is 36.9 Å². The Bertz CT molecular complexity index is 659. The number of ether oxygens (including phenoxy) is 4. The van der Waals surface area contributed by atoms with E-state index < -0.39 is 12.3 Å². The van der Waals surface area contributed by atoms with Gasteiger partial charge >= 0.3 is 0 Å². The van der Waals surface area contributed by atoms with Crippen LogP contribution >= 0.6 is 0 Å². The zero-order chi connectivity index (χ0) is 17.7. The lowest BCUT2D eigenvalue weighted by atomic mass is 9.99. The van der Waals surface area contributed by atoms with E-state index in [4.69, 9.17) is 18.9 Å². The lowest BCUT2D eigenvalue weighted by Crippen LogP contribution is -2.17. The van der Waals surface area contributed by atoms with Crippen LogP contribution in [0.25, 0.3) is 0 Å². The van der Waals surface area contributed by atoms with E-state index in [0.29, 0.717) is 11.3 Å². The number of halogens is 2. The van der Waals surface area contributed by atoms with Crippen LogP contribution in [0.3, 0.4) is 0 Å². The number of hydrogen-bond donors (Lipinski definition) is 0. The van der Waals surface area contributed by atoms with Gasteiger partial charge in [0.2, 0.25) is 5.75 Å². The largest absolute Gasteiger partial charge is 0.497 e. The van der Waals surface area contributed by atoms with Gasteiger partial charge in [0, 0.05) is 12.0 Å². The molecular weight excluding hydrogens is 318 g/mol. The average molecular weight is 338 g/mol. The summed E-state index contributed by atoms with van der Waals surface area (Å²) in [5, 5.41) is 0. The molecule has 130 valence electrons. The number of hydrogen-bond acceptors (Lipinski definition) is 4. The van der Waals surface area contributed by atoms with Crippen molar-refractivity contribution in [2.75, 3.05) is 28.4 Å². The van der Waals surface area contributed by atoms with E-state index in [1.54, 1.807) is 24.3 Å². The van der Waals surface area contributed by atoms with Crippen molar-refractivity contribution in [3.63, 3.8) is 0 Å². The normalized spacial score (nSPS) is 11.1. The SMILES string of the molecule is COc1ccc(CC(F)(F)c2cc(OC)c(OC)c(OC)c2)cc1. The first-order chi connectivity index (χ1) is 11.4. The molecule has 2 aromatic rings. The summed E-state index contributed by atoms with van der Waals surface area (Å²) in [6.07, 6.45) is -0.449. The molecule has 0 atom stereocenters. The summed E-state index contributed by atoms with van der Waals surface area (Å²) in [6.45, 7) is 0. The molecule has 0 aliphatic heterocycles. The summed E-state index contributed by atoms with van der Waals surface area (Å²) in [5.41, 5.74) is 0.294. The van der Waals surface area contributed by atoms with Crippen molar-refractivity contribution in [1.82, 2.24) is 0 Å². The maximum absolute atomic E-state index is 14.7. The van der Waals surface area contributed by atoms with E-state index in [0.717, 1.165) is 0 Å². The first-order valence-electron chi connectivity index (χ1n) is 7.26. The summed E-state index contributed by atoms with van der Waals surface area (Å²) < 4.78 is 49.9. The molecule has 0 aliphatic carbocycles. The Morgan fingerprint density at radius 2 is 1.33 bits per heavy atom. The highest BCUT2D eigenvalue weighted by atomic mass is 19.3. The third-order valence-electron chi connectivity index (χ3n) is 3.67. The third kappa shape index (κ3) is 3.69. The number of benzene rings is 2. The van der Waals surface area contributed by atoms with E-state index in [1.807, 2.05) is 0 Å². The van der Waals surface area contributed by atoms with Crippen LogP contribution in [0.5, 0.6) is 23.0 Å². The smallest absolute Gasteiger partial charge is 0.277 e. The maximum Gasteiger partial charge on any atom is 0.277 e. The van der Waals surface area contributed by atoms with Crippen molar-refractivity contribution in [1.29, 1.82) is 0 Å². The van der Waals surface area contributed by atoms with Crippen LogP contribution in [0, 0.1) is 0 Å². The van der Waals surface area contributed by atoms with Crippen LogP contribution in [-0.4, -0.2) is 28.4 Å². The quantitative estimate of drug-likeness (QED) is 0.763. The minimum absolute atomic E-state index is 0.196. The van der Waals surface area contributed by atoms with Crippen LogP contribution in [0.1, 0.15) is 11.1 Å². The highest BCUT2D eigenvalue weighted by Gasteiger charge is 2.34. The van der Waals surface area contributed by atoms with Crippen molar-refractivity contribution in [3.05, 3.63) is 47.5 Å². The Hall–Kier alpha value is -2.50. The molecule has 6 heteroatoms. The fourth-order valence-electron chi connectivity index (χ4n) is 2.39. The second kappa shape index (κ2) is 7.38. The van der Waals surface area contributed by atoms with Gasteiger partial charge in [0.25, 0.3) is 5.92 Å². The molecule has 0 amide bonds. The predicted molar refractivity (Wildman–Crippen MR) is 86.7 cm³/mol. The van der Waals surface area contributed by atoms with Gasteiger partial charge in [-0.15, -0.1) is 0 Å². The first kappa shape index (κ1) is 17.8. The minimum atomic E-state index is -3.10. The molecule has 0 radical (unpaired) electrons. The molecule has 4 nitrogen and oxygen atoms in total. The number of methoxy groups -OCH3 is 4. The molecule has 0 saturated carbocycles. The molecule has 0 aromatic heterocycles. The first-order valence-corrected chi connectivity index (χ1v) is 7.26. The van der Waals surface area contributed by atoms with Gasteiger partial charge in [0.1, 0.15) is 5.75 Å². The maximum atomic E-state index is 14.7. The fraction of sp³-hybridized carbons (Fsp3) is 0.333. The Morgan fingerprint density at radius 3 is 1.75 bits per heavy atom. The lowest BCUT2D eigenvalue weighted by Gasteiger charge is -2.20. The molecule has 0 spiro atoms. The second-order valence-corrected chi connectivity index (χ2v) is 5.14. The highest BCUT2D eigenvalue weighted by molar-refractivity contribution is 5.54. The standard InChI is InChI=1S/C18H20F2O4/c1-21-14-7-5-12(6-8-14)11-18(19,20)13-9-15(22-2)17(24-4)16(10-13)23-3/h5-10H,11H2,1-4H3. The molecule has 0 aliphatic rings. The van der Waals surface area contributed by atoms with E-state index >= 15 is 0 Å². The van der Waals surface area contributed by atoms with Crippen molar-refractivity contribution in [2.24, 2.45) is 0 Å². The Labute approximate surface area is 139 Å². The van der Waals surface area contributed by atoms with Crippen molar-refractivity contribution in [3.8, 4) is 23.0 Å². The molecule has 2 aromatic carbocycles. The van der Waals surface area contributed by atoms with Gasteiger partial charge in [0.15, 0.2) is 11.5 Å². The van der Waals surface area contributed by atoms with E-state index in [-0.39, 0.29) is 22.8 Å². The zero-order valence-corrected chi connectivity index (χ0v) is 14.1. The molecule has 0 bridgehead atoms. The summed E-state index contributed by atoms with van der Waals surface area (Å²) in [5.74, 6) is -1.80. The molecule has 0 saturated heterocycles. The number of alkyl halides is 2. The van der Waals surface area contributed by atoms with Crippen LogP contribution in [0.15, 0.2) is 36.4 Å². The summed E-state index contributed by atoms with van der Waals surface area (Å²) in [7, 11) is 5.74. The molecule has 2 rings (SSSR count). The van der Waals surface area contributed by atoms with Gasteiger partial charge in [-0.3, -0.25) is 0 Å². The molecule has 24 heavy (non-hydrogen) atoms. The van der Waals surface area contributed by atoms with Crippen molar-refractivity contribution >= 4 is 0 Å². The van der Waals surface area contributed by atoms with Crippen LogP contribution in [0.4, 0.5) is 8.78 Å². The number of rotatable bonds is 7. The van der Waals surface area contributed by atoms with Gasteiger partial charge in [-0.05, 0) is 29.8 Å². The third-order valence-corrected chi connectivity index (χ3v) is 3.67. The van der Waals surface area contributed by atoms with Gasteiger partial charge in [-0.25, -0.2) is 8.78 Å². The highest BCUT2D eigenvalue weighted by Crippen LogP contribution is 2.43. The molecule has 0 N–H and O–H groups in total. The molecular formula is C18H20F2O4. The van der Waals surface area contributed by atoms with Crippen LogP contribution < -0.4 is 18.9 Å². The van der Waals surface area contributed by atoms with E-state index in [2.05, 4.69) is 0 Å². The van der Waals surface area contributed by atoms with E-state index in [9.17, 15) is 8.78 Å². The Balaban J connectivity index is 2.36. The summed E-state index contributed by atoms with van der Waals surface area (Å²) >= 11 is 0. The van der Waals surface area contributed by atoms with Gasteiger partial charge in [-0.2, -0.15) is 0 Å². The van der Waals surface area contributed by atoms with Gasteiger partial charge < -0.3 is 18.9 Å². The minimum Gasteiger partial charge on any atom is -0.497 e. The van der Waals surface area contributed by atoms with Crippen LogP contribution in [-0.2, 0) is 12.3 Å². The monoisotopic (exact) mass is 338 g/mol. The zero-order valence-electron chi connectivity index (χ0n) is 14.1. The summed E-state index contributed by atoms with van der Waals surface area (Å²) in [4.78, 5) is 0. The second-order valence-electron chi connectivity index (χ2n) is 5.14. The molecule has 0 heterocycles. The Morgan fingerprint density at radius 1 is 0.792 bits per heavy atom. The average Bonchev–Trinajstić information content (AvgIpc) is 2.60. The Kier molecular flexibility index (Phi) is 5.49. The predicted octanol–water partition coefficient (Wildman–Crippen LogP) is 4.06. The van der Waals surface area contributed by atoms with Gasteiger partial charge in [0.05, 0.1) is 28.4 Å². The molecule has 0 fully saturated rings. The van der Waals surface area contributed by atoms with Crippen molar-refractivity contribution < 1.29 is 27.7 Å². The van der Waals surface area contributed by atoms with Gasteiger partial charge in [-0.1, -0.05) is 12.1 Å². The van der Waals surface area contributed by atoms with Crippen molar-refractivity contribution in [2.45, 2.75) is 12.3 Å². The lowest BCUT2D eigenvalue weighted by molar-refractivity contribution is -0.00428. The molecule has 0 unspecified atom stereocenters. The summed E-state index contributed by atoms with van der Waals surface area (Å²) in [6, 6.07) is 9.08. The van der Waals surface area contributed by atoms with Crippen LogP contribution in [0.2, 0.25) is 0 Å². The fourth-order valence-corrected chi connectivity index (χ4v) is 2.39.